The standard InChI is InChI=1S/C14H24N4O/c1-4-7-18(8-10-5-6-10)14(19)13-11(15)12(9(2)3)16-17-13/h9-10H,4-8,15H2,1-3H3,(H,16,17). The smallest absolute Gasteiger partial charge is 0.276 e. The van der Waals surface area contributed by atoms with Gasteiger partial charge in [-0.25, -0.2) is 0 Å². The number of nitrogen functional groups attached to an aromatic ring is 1. The zero-order chi connectivity index (χ0) is 14.0. The number of hydrogen-bond acceptors (Lipinski definition) is 3. The van der Waals surface area contributed by atoms with E-state index in [-0.39, 0.29) is 11.8 Å². The Kier molecular flexibility index (Phi) is 4.12. The fraction of sp³-hybridized carbons (Fsp3) is 0.714. The largest absolute Gasteiger partial charge is 0.395 e. The maximum absolute atomic E-state index is 12.5. The molecule has 19 heavy (non-hydrogen) atoms. The first-order valence-corrected chi connectivity index (χ1v) is 7.17. The molecular weight excluding hydrogens is 240 g/mol. The van der Waals surface area contributed by atoms with Crippen molar-refractivity contribution in [1.29, 1.82) is 0 Å². The third-order valence-electron chi connectivity index (χ3n) is 3.57. The van der Waals surface area contributed by atoms with Gasteiger partial charge in [0, 0.05) is 13.1 Å². The number of nitrogens with zero attached hydrogens (tertiary/aromatic N) is 2. The Bertz CT molecular complexity index is 448. The summed E-state index contributed by atoms with van der Waals surface area (Å²) in [6.45, 7) is 7.77. The van der Waals surface area contributed by atoms with Crippen molar-refractivity contribution >= 4 is 11.6 Å². The Balaban J connectivity index is 2.15. The van der Waals surface area contributed by atoms with Crippen LogP contribution < -0.4 is 5.73 Å². The number of carbonyl (C=O) groups excluding carboxylic acids is 1. The molecule has 3 N–H and O–H groups in total. The average molecular weight is 264 g/mol. The molecule has 0 radical (unpaired) electrons. The summed E-state index contributed by atoms with van der Waals surface area (Å²) in [6, 6.07) is 0. The number of carbonyl (C=O) groups is 1. The zero-order valence-corrected chi connectivity index (χ0v) is 12.1. The predicted octanol–water partition coefficient (Wildman–Crippen LogP) is 2.38. The number of rotatable bonds is 6. The van der Waals surface area contributed by atoms with Gasteiger partial charge in [-0.3, -0.25) is 9.89 Å². The van der Waals surface area contributed by atoms with Crippen LogP contribution in [0.2, 0.25) is 0 Å². The first-order valence-electron chi connectivity index (χ1n) is 7.17. The topological polar surface area (TPSA) is 75.0 Å². The Morgan fingerprint density at radius 1 is 1.53 bits per heavy atom. The van der Waals surface area contributed by atoms with Gasteiger partial charge in [0.1, 0.15) is 0 Å². The minimum Gasteiger partial charge on any atom is -0.395 e. The SMILES string of the molecule is CCCN(CC1CC1)C(=O)c1n[nH]c(C(C)C)c1N. The molecule has 1 aromatic rings. The van der Waals surface area contributed by atoms with Crippen molar-refractivity contribution in [3.05, 3.63) is 11.4 Å². The summed E-state index contributed by atoms with van der Waals surface area (Å²) in [7, 11) is 0. The van der Waals surface area contributed by atoms with E-state index in [0.29, 0.717) is 17.3 Å². The molecule has 0 bridgehead atoms. The van der Waals surface area contributed by atoms with Crippen LogP contribution in [0.4, 0.5) is 5.69 Å². The number of amides is 1. The molecule has 106 valence electrons. The summed E-state index contributed by atoms with van der Waals surface area (Å²) < 4.78 is 0. The summed E-state index contributed by atoms with van der Waals surface area (Å²) in [5.41, 5.74) is 7.80. The molecule has 0 aliphatic heterocycles. The highest BCUT2D eigenvalue weighted by molar-refractivity contribution is 5.97. The number of hydrogen-bond donors (Lipinski definition) is 2. The van der Waals surface area contributed by atoms with E-state index in [0.717, 1.165) is 25.2 Å². The van der Waals surface area contributed by atoms with Crippen molar-refractivity contribution in [3.63, 3.8) is 0 Å². The van der Waals surface area contributed by atoms with Crippen LogP contribution in [-0.2, 0) is 0 Å². The molecule has 5 nitrogen and oxygen atoms in total. The predicted molar refractivity (Wildman–Crippen MR) is 76.0 cm³/mol. The molecule has 1 heterocycles. The lowest BCUT2D eigenvalue weighted by atomic mass is 10.1. The molecule has 1 aliphatic rings. The summed E-state index contributed by atoms with van der Waals surface area (Å²) in [6.07, 6.45) is 3.43. The fourth-order valence-electron chi connectivity index (χ4n) is 2.27. The molecule has 0 spiro atoms. The van der Waals surface area contributed by atoms with Gasteiger partial charge >= 0.3 is 0 Å². The van der Waals surface area contributed by atoms with Crippen molar-refractivity contribution in [2.24, 2.45) is 5.92 Å². The average Bonchev–Trinajstić information content (AvgIpc) is 3.09. The van der Waals surface area contributed by atoms with Gasteiger partial charge in [-0.1, -0.05) is 20.8 Å². The molecule has 1 fully saturated rings. The second-order valence-corrected chi connectivity index (χ2v) is 5.75. The highest BCUT2D eigenvalue weighted by Crippen LogP contribution is 2.31. The van der Waals surface area contributed by atoms with Crippen molar-refractivity contribution in [2.45, 2.75) is 46.0 Å². The van der Waals surface area contributed by atoms with Crippen molar-refractivity contribution in [2.75, 3.05) is 18.8 Å². The molecule has 1 aliphatic carbocycles. The molecule has 0 saturated heterocycles. The molecule has 0 aromatic carbocycles. The highest BCUT2D eigenvalue weighted by atomic mass is 16.2. The molecule has 1 amide bonds. The van der Waals surface area contributed by atoms with Gasteiger partial charge in [0.05, 0.1) is 11.4 Å². The first-order chi connectivity index (χ1) is 9.04. The summed E-state index contributed by atoms with van der Waals surface area (Å²) in [5, 5.41) is 7.02. The second-order valence-electron chi connectivity index (χ2n) is 5.75. The van der Waals surface area contributed by atoms with Crippen LogP contribution in [-0.4, -0.2) is 34.1 Å². The number of aromatic nitrogens is 2. The van der Waals surface area contributed by atoms with Gasteiger partial charge in [0.2, 0.25) is 0 Å². The van der Waals surface area contributed by atoms with E-state index >= 15 is 0 Å². The Morgan fingerprint density at radius 3 is 2.68 bits per heavy atom. The van der Waals surface area contributed by atoms with Gasteiger partial charge < -0.3 is 10.6 Å². The maximum Gasteiger partial charge on any atom is 0.276 e. The molecule has 0 atom stereocenters. The van der Waals surface area contributed by atoms with E-state index in [9.17, 15) is 4.79 Å². The van der Waals surface area contributed by atoms with E-state index in [1.807, 2.05) is 18.7 Å². The lowest BCUT2D eigenvalue weighted by molar-refractivity contribution is 0.0743. The monoisotopic (exact) mass is 264 g/mol. The van der Waals surface area contributed by atoms with Gasteiger partial charge in [0.25, 0.3) is 5.91 Å². The zero-order valence-electron chi connectivity index (χ0n) is 12.1. The third kappa shape index (κ3) is 3.08. The Morgan fingerprint density at radius 2 is 2.21 bits per heavy atom. The van der Waals surface area contributed by atoms with Crippen LogP contribution in [0.1, 0.15) is 62.1 Å². The summed E-state index contributed by atoms with van der Waals surface area (Å²) in [5.74, 6) is 0.895. The maximum atomic E-state index is 12.5. The number of anilines is 1. The molecule has 1 aromatic heterocycles. The summed E-state index contributed by atoms with van der Waals surface area (Å²) >= 11 is 0. The Labute approximate surface area is 114 Å². The molecule has 1 saturated carbocycles. The van der Waals surface area contributed by atoms with Gasteiger partial charge in [-0.2, -0.15) is 5.10 Å². The van der Waals surface area contributed by atoms with Crippen LogP contribution in [0.3, 0.4) is 0 Å². The minimum absolute atomic E-state index is 0.0330. The van der Waals surface area contributed by atoms with Crippen molar-refractivity contribution in [3.8, 4) is 0 Å². The van der Waals surface area contributed by atoms with Crippen LogP contribution in [0, 0.1) is 5.92 Å². The lowest BCUT2D eigenvalue weighted by Gasteiger charge is -2.21. The van der Waals surface area contributed by atoms with E-state index < -0.39 is 0 Å². The van der Waals surface area contributed by atoms with Gasteiger partial charge in [-0.15, -0.1) is 0 Å². The molecule has 2 rings (SSSR count). The van der Waals surface area contributed by atoms with Gasteiger partial charge in [0.15, 0.2) is 5.69 Å². The minimum atomic E-state index is -0.0330. The normalized spacial score (nSPS) is 14.9. The van der Waals surface area contributed by atoms with Crippen LogP contribution in [0.5, 0.6) is 0 Å². The second kappa shape index (κ2) is 5.63. The van der Waals surface area contributed by atoms with Crippen LogP contribution in [0.25, 0.3) is 0 Å². The van der Waals surface area contributed by atoms with E-state index in [4.69, 9.17) is 5.73 Å². The van der Waals surface area contributed by atoms with Gasteiger partial charge in [-0.05, 0) is 31.1 Å². The number of aromatic amines is 1. The van der Waals surface area contributed by atoms with E-state index in [2.05, 4.69) is 17.1 Å². The first kappa shape index (κ1) is 13.9. The third-order valence-corrected chi connectivity index (χ3v) is 3.57. The Hall–Kier alpha value is -1.52. The molecule has 0 unspecified atom stereocenters. The van der Waals surface area contributed by atoms with E-state index in [1.165, 1.54) is 12.8 Å². The summed E-state index contributed by atoms with van der Waals surface area (Å²) in [4.78, 5) is 14.4. The fourth-order valence-corrected chi connectivity index (χ4v) is 2.27. The number of H-pyrrole nitrogens is 1. The number of nitrogens with one attached hydrogen (secondary N) is 1. The molecule has 5 heteroatoms. The highest BCUT2D eigenvalue weighted by Gasteiger charge is 2.29. The number of nitrogens with two attached hydrogens (primary N) is 1. The lowest BCUT2D eigenvalue weighted by Crippen LogP contribution is -2.34. The van der Waals surface area contributed by atoms with Crippen LogP contribution in [0.15, 0.2) is 0 Å². The quantitative estimate of drug-likeness (QED) is 0.828. The van der Waals surface area contributed by atoms with Crippen molar-refractivity contribution < 1.29 is 4.79 Å². The van der Waals surface area contributed by atoms with Crippen molar-refractivity contribution in [1.82, 2.24) is 15.1 Å². The van der Waals surface area contributed by atoms with Crippen LogP contribution >= 0.6 is 0 Å². The molecular formula is C14H24N4O. The van der Waals surface area contributed by atoms with E-state index in [1.54, 1.807) is 0 Å².